The molecule has 2 aromatic rings. The Labute approximate surface area is 193 Å². The zero-order valence-electron chi connectivity index (χ0n) is 18.8. The van der Waals surface area contributed by atoms with Crippen LogP contribution in [0.1, 0.15) is 36.3 Å². The van der Waals surface area contributed by atoms with Crippen LogP contribution < -0.4 is 10.6 Å². The average Bonchev–Trinajstić information content (AvgIpc) is 3.17. The van der Waals surface area contributed by atoms with Crippen molar-refractivity contribution in [1.82, 2.24) is 20.5 Å². The molecule has 3 atom stereocenters. The first-order valence-electron chi connectivity index (χ1n) is 11.0. The van der Waals surface area contributed by atoms with E-state index in [-0.39, 0.29) is 37.2 Å². The van der Waals surface area contributed by atoms with Gasteiger partial charge in [0.2, 0.25) is 5.91 Å². The van der Waals surface area contributed by atoms with E-state index in [1.165, 1.54) is 11.1 Å². The van der Waals surface area contributed by atoms with E-state index in [0.29, 0.717) is 6.42 Å². The van der Waals surface area contributed by atoms with E-state index in [2.05, 4.69) is 15.6 Å². The van der Waals surface area contributed by atoms with Gasteiger partial charge >= 0.3 is 6.09 Å². The summed E-state index contributed by atoms with van der Waals surface area (Å²) >= 11 is 0. The first kappa shape index (κ1) is 24.2. The molecule has 0 spiro atoms. The predicted molar refractivity (Wildman–Crippen MR) is 121 cm³/mol. The summed E-state index contributed by atoms with van der Waals surface area (Å²) < 4.78 is 5.24. The minimum absolute atomic E-state index is 0.0851. The summed E-state index contributed by atoms with van der Waals surface area (Å²) in [5, 5.41) is 15.8. The molecule has 9 heteroatoms. The van der Waals surface area contributed by atoms with Gasteiger partial charge in [-0.05, 0) is 30.0 Å². The molecule has 1 aromatic carbocycles. The van der Waals surface area contributed by atoms with Crippen LogP contribution in [0.15, 0.2) is 54.7 Å². The number of carbonyl (C=O) groups is 3. The van der Waals surface area contributed by atoms with E-state index in [1.54, 1.807) is 18.2 Å². The fraction of sp³-hybridized carbons (Fsp3) is 0.417. The Balaban J connectivity index is 1.56. The monoisotopic (exact) mass is 454 g/mol. The molecule has 1 aliphatic rings. The molecule has 1 aliphatic heterocycles. The van der Waals surface area contributed by atoms with Crippen molar-refractivity contribution >= 4 is 17.9 Å². The lowest BCUT2D eigenvalue weighted by atomic mass is 10.0. The highest BCUT2D eigenvalue weighted by Crippen LogP contribution is 2.15. The number of pyridine rings is 1. The summed E-state index contributed by atoms with van der Waals surface area (Å²) in [5.74, 6) is -0.616. The number of amides is 3. The van der Waals surface area contributed by atoms with Gasteiger partial charge in [0.15, 0.2) is 0 Å². The van der Waals surface area contributed by atoms with Crippen molar-refractivity contribution in [2.45, 2.75) is 45.1 Å². The Hall–Kier alpha value is -3.46. The first-order chi connectivity index (χ1) is 15.8. The number of nitrogens with zero attached hydrogens (tertiary/aromatic N) is 2. The number of benzene rings is 1. The normalized spacial score (nSPS) is 18.6. The number of alkyl carbamates (subject to hydrolysis) is 1. The van der Waals surface area contributed by atoms with Crippen LogP contribution >= 0.6 is 0 Å². The molecule has 1 aromatic heterocycles. The number of hydrogen-bond acceptors (Lipinski definition) is 6. The van der Waals surface area contributed by atoms with E-state index >= 15 is 0 Å². The van der Waals surface area contributed by atoms with Crippen LogP contribution in [0.3, 0.4) is 0 Å². The van der Waals surface area contributed by atoms with Crippen LogP contribution in [0.25, 0.3) is 0 Å². The quantitative estimate of drug-likeness (QED) is 0.559. The van der Waals surface area contributed by atoms with Crippen molar-refractivity contribution in [2.24, 2.45) is 5.92 Å². The number of ether oxygens (including phenoxy) is 1. The van der Waals surface area contributed by atoms with E-state index in [4.69, 9.17) is 4.74 Å². The highest BCUT2D eigenvalue weighted by molar-refractivity contribution is 5.92. The maximum atomic E-state index is 12.9. The van der Waals surface area contributed by atoms with E-state index in [1.807, 2.05) is 44.2 Å². The van der Waals surface area contributed by atoms with Gasteiger partial charge in [-0.25, -0.2) is 4.79 Å². The molecule has 2 heterocycles. The number of aliphatic hydroxyl groups is 1. The molecule has 1 fully saturated rings. The van der Waals surface area contributed by atoms with Crippen LogP contribution in [-0.2, 0) is 16.1 Å². The van der Waals surface area contributed by atoms with Crippen LogP contribution in [-0.4, -0.2) is 64.2 Å². The van der Waals surface area contributed by atoms with E-state index < -0.39 is 30.2 Å². The minimum atomic E-state index is -0.925. The highest BCUT2D eigenvalue weighted by Gasteiger charge is 2.37. The summed E-state index contributed by atoms with van der Waals surface area (Å²) in [6.45, 7) is 4.20. The number of β-amino-alcohol motifs (C(OH)–C–C–N with tert-alkyl or cyclic N) is 1. The lowest BCUT2D eigenvalue weighted by Crippen LogP contribution is -2.53. The third-order valence-electron chi connectivity index (χ3n) is 5.32. The number of aliphatic hydroxyl groups excluding tert-OH is 1. The summed E-state index contributed by atoms with van der Waals surface area (Å²) in [7, 11) is 0. The zero-order valence-corrected chi connectivity index (χ0v) is 18.8. The number of aromatic nitrogens is 1. The van der Waals surface area contributed by atoms with Gasteiger partial charge in [0.25, 0.3) is 5.91 Å². The highest BCUT2D eigenvalue weighted by atomic mass is 16.5. The van der Waals surface area contributed by atoms with Gasteiger partial charge in [-0.1, -0.05) is 50.2 Å². The van der Waals surface area contributed by atoms with Gasteiger partial charge in [0, 0.05) is 19.3 Å². The van der Waals surface area contributed by atoms with Crippen LogP contribution in [0, 0.1) is 5.92 Å². The van der Waals surface area contributed by atoms with Crippen LogP contribution in [0.5, 0.6) is 0 Å². The van der Waals surface area contributed by atoms with E-state index in [9.17, 15) is 19.5 Å². The first-order valence-corrected chi connectivity index (χ1v) is 11.0. The topological polar surface area (TPSA) is 121 Å². The molecule has 9 nitrogen and oxygen atoms in total. The molecule has 3 N–H and O–H groups in total. The second-order valence-electron chi connectivity index (χ2n) is 8.50. The molecule has 3 rings (SSSR count). The summed E-state index contributed by atoms with van der Waals surface area (Å²) in [4.78, 5) is 43.3. The van der Waals surface area contributed by atoms with Crippen molar-refractivity contribution in [3.8, 4) is 0 Å². The number of hydrogen-bond donors (Lipinski definition) is 3. The van der Waals surface area contributed by atoms with Gasteiger partial charge in [0.05, 0.1) is 12.1 Å². The van der Waals surface area contributed by atoms with Crippen molar-refractivity contribution in [2.75, 3.05) is 13.1 Å². The second-order valence-corrected chi connectivity index (χ2v) is 8.50. The van der Waals surface area contributed by atoms with Crippen molar-refractivity contribution in [1.29, 1.82) is 0 Å². The number of likely N-dealkylation sites (tertiary alicyclic amines) is 1. The molecule has 176 valence electrons. The van der Waals surface area contributed by atoms with Crippen molar-refractivity contribution < 1.29 is 24.2 Å². The van der Waals surface area contributed by atoms with Crippen molar-refractivity contribution in [3.63, 3.8) is 0 Å². The summed E-state index contributed by atoms with van der Waals surface area (Å²) in [5.41, 5.74) is 1.11. The van der Waals surface area contributed by atoms with Gasteiger partial charge in [-0.3, -0.25) is 14.6 Å². The molecule has 1 saturated heterocycles. The lowest BCUT2D eigenvalue weighted by molar-refractivity contribution is -0.124. The SMILES string of the molecule is CC(C)C[C@H](NC(=O)OCc1ccccc1)C(=O)NC1CN(C(=O)c2ccccn2)CC1O. The molecule has 3 amide bonds. The predicted octanol–water partition coefficient (Wildman–Crippen LogP) is 1.72. The average molecular weight is 455 g/mol. The molecule has 0 saturated carbocycles. The van der Waals surface area contributed by atoms with Gasteiger partial charge < -0.3 is 25.4 Å². The Morgan fingerprint density at radius 2 is 1.85 bits per heavy atom. The van der Waals surface area contributed by atoms with Crippen LogP contribution in [0.4, 0.5) is 4.79 Å². The number of carbonyl (C=O) groups excluding carboxylic acids is 3. The minimum Gasteiger partial charge on any atom is -0.445 e. The summed E-state index contributed by atoms with van der Waals surface area (Å²) in [6, 6.07) is 12.8. The third-order valence-corrected chi connectivity index (χ3v) is 5.32. The van der Waals surface area contributed by atoms with Crippen molar-refractivity contribution in [3.05, 3.63) is 66.0 Å². The molecule has 33 heavy (non-hydrogen) atoms. The smallest absolute Gasteiger partial charge is 0.408 e. The van der Waals surface area contributed by atoms with Crippen LogP contribution in [0.2, 0.25) is 0 Å². The van der Waals surface area contributed by atoms with Gasteiger partial charge in [-0.2, -0.15) is 0 Å². The third kappa shape index (κ3) is 7.01. The van der Waals surface area contributed by atoms with Gasteiger partial charge in [0.1, 0.15) is 18.3 Å². The number of nitrogens with one attached hydrogen (secondary N) is 2. The fourth-order valence-electron chi connectivity index (χ4n) is 3.64. The summed E-state index contributed by atoms with van der Waals surface area (Å²) in [6.07, 6.45) is 0.300. The molecular weight excluding hydrogens is 424 g/mol. The lowest BCUT2D eigenvalue weighted by Gasteiger charge is -2.23. The molecule has 0 aliphatic carbocycles. The van der Waals surface area contributed by atoms with E-state index in [0.717, 1.165) is 5.56 Å². The Kier molecular flexibility index (Phi) is 8.37. The Morgan fingerprint density at radius 1 is 1.12 bits per heavy atom. The Morgan fingerprint density at radius 3 is 2.52 bits per heavy atom. The Bertz CT molecular complexity index is 938. The molecule has 2 unspecified atom stereocenters. The largest absolute Gasteiger partial charge is 0.445 e. The second kappa shape index (κ2) is 11.4. The zero-order chi connectivity index (χ0) is 23.8. The number of rotatable bonds is 8. The maximum absolute atomic E-state index is 12.9. The molecule has 0 radical (unpaired) electrons. The molecule has 0 bridgehead atoms. The van der Waals surface area contributed by atoms with Gasteiger partial charge in [-0.15, -0.1) is 0 Å². The molecular formula is C24H30N4O5. The standard InChI is InChI=1S/C24H30N4O5/c1-16(2)12-19(27-24(32)33-15-17-8-4-3-5-9-17)22(30)26-20-13-28(14-21(20)29)23(31)18-10-6-7-11-25-18/h3-11,16,19-21,29H,12-15H2,1-2H3,(H,26,30)(H,27,32)/t19-,20?,21?/m0/s1. The maximum Gasteiger partial charge on any atom is 0.408 e. The fourth-order valence-corrected chi connectivity index (χ4v) is 3.64.